The highest BCUT2D eigenvalue weighted by Gasteiger charge is 2.11. The van der Waals surface area contributed by atoms with E-state index in [0.717, 1.165) is 12.0 Å². The molecular weight excluding hydrogens is 384 g/mol. The van der Waals surface area contributed by atoms with Gasteiger partial charge in [-0.3, -0.25) is 9.59 Å². The number of carbonyl (C=O) groups excluding carboxylic acids is 2. The third kappa shape index (κ3) is 9.82. The zero-order valence-corrected chi connectivity index (χ0v) is 19.2. The summed E-state index contributed by atoms with van der Waals surface area (Å²) in [5.74, 6) is -0.822. The Labute approximate surface area is 187 Å². The maximum atomic E-state index is 12.2. The van der Waals surface area contributed by atoms with Crippen LogP contribution < -0.4 is 10.9 Å². The summed E-state index contributed by atoms with van der Waals surface area (Å²) >= 11 is 0. The van der Waals surface area contributed by atoms with Gasteiger partial charge >= 0.3 is 0 Å². The molecule has 4 heteroatoms. The molecule has 2 aromatic carbocycles. The summed E-state index contributed by atoms with van der Waals surface area (Å²) in [7, 11) is 0. The first-order chi connectivity index (χ1) is 15.1. The number of hydrogen-bond acceptors (Lipinski definition) is 2. The van der Waals surface area contributed by atoms with E-state index in [1.165, 1.54) is 69.8 Å². The molecule has 0 fully saturated rings. The normalized spacial score (nSPS) is 10.6. The van der Waals surface area contributed by atoms with Gasteiger partial charge in [-0.25, -0.2) is 5.43 Å². The average molecular weight is 422 g/mol. The Morgan fingerprint density at radius 1 is 0.710 bits per heavy atom. The van der Waals surface area contributed by atoms with Crippen LogP contribution in [0.25, 0.3) is 0 Å². The van der Waals surface area contributed by atoms with Crippen molar-refractivity contribution in [3.8, 4) is 0 Å². The van der Waals surface area contributed by atoms with Gasteiger partial charge in [0.15, 0.2) is 0 Å². The van der Waals surface area contributed by atoms with E-state index < -0.39 is 5.91 Å². The van der Waals surface area contributed by atoms with E-state index in [2.05, 4.69) is 17.8 Å². The summed E-state index contributed by atoms with van der Waals surface area (Å²) in [6, 6.07) is 14.7. The minimum Gasteiger partial charge on any atom is -0.267 e. The van der Waals surface area contributed by atoms with Crippen molar-refractivity contribution in [2.24, 2.45) is 0 Å². The Kier molecular flexibility index (Phi) is 11.4. The van der Waals surface area contributed by atoms with E-state index in [9.17, 15) is 9.59 Å². The zero-order chi connectivity index (χ0) is 22.3. The molecule has 1 radical (unpaired) electrons. The monoisotopic (exact) mass is 421 g/mol. The molecule has 167 valence electrons. The molecular formula is C27H37N2O2. The Hall–Kier alpha value is -2.62. The van der Waals surface area contributed by atoms with Gasteiger partial charge < -0.3 is 0 Å². The van der Waals surface area contributed by atoms with Gasteiger partial charge in [0.1, 0.15) is 0 Å². The molecule has 0 unspecified atom stereocenters. The second-order valence-corrected chi connectivity index (χ2v) is 8.35. The van der Waals surface area contributed by atoms with E-state index in [1.54, 1.807) is 24.3 Å². The molecule has 0 atom stereocenters. The molecule has 2 amide bonds. The van der Waals surface area contributed by atoms with Crippen LogP contribution in [0, 0.1) is 6.92 Å². The minimum absolute atomic E-state index is 0.383. The van der Waals surface area contributed by atoms with E-state index >= 15 is 0 Å². The molecule has 4 nitrogen and oxygen atoms in total. The second-order valence-electron chi connectivity index (χ2n) is 8.35. The standard InChI is InChI=1S/C27H37N2O2/c1-3-4-5-6-7-8-9-10-11-12-13-23-16-20-25(21-17-23)27(31)29-28-26(30)24-18-14-22(2)15-19-24/h14-21H,3-13H2,1-2H3,(H,28,30). The van der Waals surface area contributed by atoms with Crippen LogP contribution in [0.1, 0.15) is 103 Å². The van der Waals surface area contributed by atoms with Crippen molar-refractivity contribution in [2.45, 2.75) is 84.5 Å². The number of rotatable bonds is 13. The molecule has 0 aliphatic heterocycles. The molecule has 1 N–H and O–H groups in total. The lowest BCUT2D eigenvalue weighted by atomic mass is 10.0. The van der Waals surface area contributed by atoms with Crippen LogP contribution in [0.15, 0.2) is 48.5 Å². The van der Waals surface area contributed by atoms with Crippen molar-refractivity contribution in [1.29, 1.82) is 0 Å². The van der Waals surface area contributed by atoms with Crippen molar-refractivity contribution >= 4 is 11.8 Å². The van der Waals surface area contributed by atoms with E-state index in [1.807, 2.05) is 31.2 Å². The first kappa shape index (κ1) is 24.6. The molecule has 0 spiro atoms. The van der Waals surface area contributed by atoms with Gasteiger partial charge in [0.2, 0.25) is 0 Å². The highest BCUT2D eigenvalue weighted by molar-refractivity contribution is 5.98. The number of benzene rings is 2. The molecule has 0 bridgehead atoms. The average Bonchev–Trinajstić information content (AvgIpc) is 2.79. The smallest absolute Gasteiger partial charge is 0.267 e. The molecule has 0 aliphatic rings. The summed E-state index contributed by atoms with van der Waals surface area (Å²) < 4.78 is 0. The van der Waals surface area contributed by atoms with Crippen LogP contribution in [0.3, 0.4) is 0 Å². The topological polar surface area (TPSA) is 60.3 Å². The highest BCUT2D eigenvalue weighted by atomic mass is 16.2. The van der Waals surface area contributed by atoms with Crippen molar-refractivity contribution < 1.29 is 9.59 Å². The van der Waals surface area contributed by atoms with Gasteiger partial charge in [-0.15, -0.1) is 5.43 Å². The molecule has 2 aromatic rings. The van der Waals surface area contributed by atoms with E-state index in [-0.39, 0.29) is 5.91 Å². The van der Waals surface area contributed by atoms with Crippen LogP contribution in [0.5, 0.6) is 0 Å². The van der Waals surface area contributed by atoms with Gasteiger partial charge in [-0.05, 0) is 49.6 Å². The Morgan fingerprint density at radius 3 is 1.81 bits per heavy atom. The summed E-state index contributed by atoms with van der Waals surface area (Å²) in [5.41, 5.74) is 9.32. The number of amides is 2. The SMILES string of the molecule is CCCCCCCCCCCCc1ccc(C(=O)[N]NC(=O)c2ccc(C)cc2)cc1. The second kappa shape index (κ2) is 14.4. The highest BCUT2D eigenvalue weighted by Crippen LogP contribution is 2.13. The summed E-state index contributed by atoms with van der Waals surface area (Å²) in [5, 5.41) is 0. The lowest BCUT2D eigenvalue weighted by Gasteiger charge is -2.06. The zero-order valence-electron chi connectivity index (χ0n) is 19.2. The van der Waals surface area contributed by atoms with Crippen molar-refractivity contribution in [3.05, 3.63) is 70.8 Å². The van der Waals surface area contributed by atoms with Crippen molar-refractivity contribution in [3.63, 3.8) is 0 Å². The summed E-state index contributed by atoms with van der Waals surface area (Å²) in [6.07, 6.45) is 14.3. The van der Waals surface area contributed by atoms with Crippen LogP contribution in [-0.2, 0) is 6.42 Å². The molecule has 31 heavy (non-hydrogen) atoms. The van der Waals surface area contributed by atoms with Gasteiger partial charge in [0.05, 0.1) is 0 Å². The lowest BCUT2D eigenvalue weighted by molar-refractivity contribution is 0.0841. The Morgan fingerprint density at radius 2 is 1.23 bits per heavy atom. The van der Waals surface area contributed by atoms with Crippen LogP contribution >= 0.6 is 0 Å². The van der Waals surface area contributed by atoms with Crippen LogP contribution in [0.4, 0.5) is 0 Å². The predicted molar refractivity (Wildman–Crippen MR) is 127 cm³/mol. The number of aryl methyl sites for hydroxylation is 2. The summed E-state index contributed by atoms with van der Waals surface area (Å²) in [4.78, 5) is 24.3. The fraction of sp³-hybridized carbons (Fsp3) is 0.481. The number of nitrogens with one attached hydrogen (secondary N) is 1. The predicted octanol–water partition coefficient (Wildman–Crippen LogP) is 6.55. The van der Waals surface area contributed by atoms with Crippen molar-refractivity contribution in [1.82, 2.24) is 10.9 Å². The molecule has 0 saturated carbocycles. The molecule has 0 saturated heterocycles. The largest absolute Gasteiger partial charge is 0.293 e. The van der Waals surface area contributed by atoms with Crippen LogP contribution in [0.2, 0.25) is 0 Å². The molecule has 2 rings (SSSR count). The first-order valence-corrected chi connectivity index (χ1v) is 11.8. The Bertz CT molecular complexity index is 782. The van der Waals surface area contributed by atoms with E-state index in [4.69, 9.17) is 0 Å². The van der Waals surface area contributed by atoms with Crippen molar-refractivity contribution in [2.75, 3.05) is 0 Å². The number of hydrogen-bond donors (Lipinski definition) is 1. The maximum absolute atomic E-state index is 12.2. The quantitative estimate of drug-likeness (QED) is 0.294. The number of unbranched alkanes of at least 4 members (excludes halogenated alkanes) is 9. The first-order valence-electron chi connectivity index (χ1n) is 11.8. The fourth-order valence-electron chi connectivity index (χ4n) is 3.57. The van der Waals surface area contributed by atoms with Gasteiger partial charge in [0, 0.05) is 11.1 Å². The fourth-order valence-corrected chi connectivity index (χ4v) is 3.57. The maximum Gasteiger partial charge on any atom is 0.293 e. The summed E-state index contributed by atoms with van der Waals surface area (Å²) in [6.45, 7) is 4.21. The molecule has 0 aliphatic carbocycles. The number of nitrogens with zero attached hydrogens (tertiary/aromatic N) is 1. The minimum atomic E-state index is -0.439. The number of carbonyl (C=O) groups is 2. The molecule has 0 heterocycles. The van der Waals surface area contributed by atoms with Crippen LogP contribution in [-0.4, -0.2) is 11.8 Å². The van der Waals surface area contributed by atoms with Gasteiger partial charge in [-0.1, -0.05) is 94.5 Å². The van der Waals surface area contributed by atoms with E-state index in [0.29, 0.717) is 11.1 Å². The lowest BCUT2D eigenvalue weighted by Crippen LogP contribution is -2.35. The third-order valence-corrected chi connectivity index (χ3v) is 5.59. The molecule has 0 aromatic heterocycles. The Balaban J connectivity index is 1.60. The third-order valence-electron chi connectivity index (χ3n) is 5.59. The van der Waals surface area contributed by atoms with Gasteiger partial charge in [0.25, 0.3) is 11.8 Å². The van der Waals surface area contributed by atoms with Gasteiger partial charge in [-0.2, -0.15) is 0 Å².